The molecule has 0 unspecified atom stereocenters. The highest BCUT2D eigenvalue weighted by molar-refractivity contribution is 6.37. The molecule has 0 saturated carbocycles. The van der Waals surface area contributed by atoms with Crippen LogP contribution in [0, 0.1) is 17.0 Å². The third-order valence-electron chi connectivity index (χ3n) is 5.09. The fourth-order valence-corrected chi connectivity index (χ4v) is 3.82. The molecule has 4 rings (SSSR count). The van der Waals surface area contributed by atoms with Crippen LogP contribution in [-0.4, -0.2) is 10.8 Å². The van der Waals surface area contributed by atoms with Crippen LogP contribution in [0.3, 0.4) is 0 Å². The Hall–Kier alpha value is -3.61. The maximum Gasteiger partial charge on any atom is 0.269 e. The molecule has 0 fully saturated rings. The number of anilines is 1. The quantitative estimate of drug-likeness (QED) is 0.214. The van der Waals surface area contributed by atoms with Gasteiger partial charge in [-0.05, 0) is 61.5 Å². The molecular weight excluding hydrogens is 463 g/mol. The summed E-state index contributed by atoms with van der Waals surface area (Å²) in [7, 11) is 0. The zero-order valence-corrected chi connectivity index (χ0v) is 19.0. The molecule has 33 heavy (non-hydrogen) atoms. The highest BCUT2D eigenvalue weighted by atomic mass is 35.5. The van der Waals surface area contributed by atoms with Gasteiger partial charge in [0.05, 0.1) is 22.1 Å². The number of aryl methyl sites for hydroxylation is 1. The van der Waals surface area contributed by atoms with Crippen LogP contribution in [0.4, 0.5) is 11.4 Å². The monoisotopic (exact) mass is 480 g/mol. The first kappa shape index (κ1) is 22.6. The van der Waals surface area contributed by atoms with Crippen molar-refractivity contribution < 1.29 is 14.1 Å². The topological polar surface area (TPSA) is 76.6 Å². The van der Waals surface area contributed by atoms with Crippen LogP contribution in [0.2, 0.25) is 10.0 Å². The number of carbonyl (C=O) groups is 1. The summed E-state index contributed by atoms with van der Waals surface area (Å²) < 4.78 is 5.96. The van der Waals surface area contributed by atoms with Gasteiger partial charge in [0, 0.05) is 28.4 Å². The van der Waals surface area contributed by atoms with Crippen molar-refractivity contribution in [1.82, 2.24) is 0 Å². The third-order valence-corrected chi connectivity index (χ3v) is 5.64. The number of benzene rings is 3. The van der Waals surface area contributed by atoms with Crippen molar-refractivity contribution >= 4 is 40.5 Å². The Labute approximate surface area is 200 Å². The van der Waals surface area contributed by atoms with Crippen LogP contribution in [0.15, 0.2) is 83.3 Å². The van der Waals surface area contributed by atoms with Gasteiger partial charge >= 0.3 is 0 Å². The number of nitrogens with zero attached hydrogens (tertiary/aromatic N) is 2. The molecule has 6 nitrogen and oxygen atoms in total. The maximum atomic E-state index is 13.4. The lowest BCUT2D eigenvalue weighted by molar-refractivity contribution is -0.384. The zero-order chi connectivity index (χ0) is 23.5. The van der Waals surface area contributed by atoms with Gasteiger partial charge in [0.1, 0.15) is 11.5 Å². The average molecular weight is 481 g/mol. The number of halogens is 2. The lowest BCUT2D eigenvalue weighted by Gasteiger charge is -2.23. The first-order valence-electron chi connectivity index (χ1n) is 9.99. The molecule has 0 atom stereocenters. The summed E-state index contributed by atoms with van der Waals surface area (Å²) in [6.07, 6.45) is 0. The van der Waals surface area contributed by atoms with Gasteiger partial charge in [-0.25, -0.2) is 0 Å². The summed E-state index contributed by atoms with van der Waals surface area (Å²) in [5, 5.41) is 11.6. The first-order valence-corrected chi connectivity index (χ1v) is 10.7. The first-order chi connectivity index (χ1) is 15.8. The number of nitro benzene ring substituents is 1. The number of hydrogen-bond donors (Lipinski definition) is 0. The molecule has 0 N–H and O–H groups in total. The van der Waals surface area contributed by atoms with E-state index in [2.05, 4.69) is 0 Å². The Morgan fingerprint density at radius 2 is 1.67 bits per heavy atom. The molecule has 8 heteroatoms. The predicted octanol–water partition coefficient (Wildman–Crippen LogP) is 7.32. The summed E-state index contributed by atoms with van der Waals surface area (Å²) in [5.41, 5.74) is 2.77. The second kappa shape index (κ2) is 9.48. The largest absolute Gasteiger partial charge is 0.459 e. The highest BCUT2D eigenvalue weighted by Crippen LogP contribution is 2.29. The van der Waals surface area contributed by atoms with Crippen LogP contribution in [0.5, 0.6) is 0 Å². The molecule has 3 aromatic carbocycles. The fraction of sp³-hybridized carbons (Fsp3) is 0.0800. The van der Waals surface area contributed by atoms with Crippen LogP contribution in [-0.2, 0) is 6.54 Å². The van der Waals surface area contributed by atoms with Gasteiger partial charge in [-0.15, -0.1) is 0 Å². The van der Waals surface area contributed by atoms with E-state index in [0.717, 1.165) is 5.56 Å². The Morgan fingerprint density at radius 3 is 2.30 bits per heavy atom. The van der Waals surface area contributed by atoms with E-state index < -0.39 is 4.92 Å². The van der Waals surface area contributed by atoms with Gasteiger partial charge in [0.25, 0.3) is 11.6 Å². The summed E-state index contributed by atoms with van der Waals surface area (Å²) >= 11 is 12.3. The Bertz CT molecular complexity index is 1320. The number of amides is 1. The van der Waals surface area contributed by atoms with E-state index in [9.17, 15) is 14.9 Å². The summed E-state index contributed by atoms with van der Waals surface area (Å²) in [5.74, 6) is 0.789. The standard InChI is InChI=1S/C25H18Cl2N2O4/c1-16-2-7-19(8-3-16)28(25(30)22-12-6-18(26)14-23(22)27)15-21-11-13-24(33-21)17-4-9-20(10-5-17)29(31)32/h2-14H,15H2,1H3. The minimum Gasteiger partial charge on any atom is -0.459 e. The van der Waals surface area contributed by atoms with Crippen molar-refractivity contribution in [1.29, 1.82) is 0 Å². The minimum absolute atomic E-state index is 0.00140. The lowest BCUT2D eigenvalue weighted by Crippen LogP contribution is -2.30. The van der Waals surface area contributed by atoms with Crippen LogP contribution < -0.4 is 4.90 Å². The normalized spacial score (nSPS) is 10.8. The van der Waals surface area contributed by atoms with E-state index in [1.807, 2.05) is 31.2 Å². The van der Waals surface area contributed by atoms with Crippen LogP contribution in [0.25, 0.3) is 11.3 Å². The summed E-state index contributed by atoms with van der Waals surface area (Å²) in [6, 6.07) is 21.9. The van der Waals surface area contributed by atoms with Gasteiger partial charge in [-0.2, -0.15) is 0 Å². The smallest absolute Gasteiger partial charge is 0.269 e. The highest BCUT2D eigenvalue weighted by Gasteiger charge is 2.22. The molecule has 0 aliphatic carbocycles. The number of furan rings is 1. The second-order valence-electron chi connectivity index (χ2n) is 7.42. The molecule has 0 saturated heterocycles. The van der Waals surface area contributed by atoms with Crippen molar-refractivity contribution in [3.8, 4) is 11.3 Å². The van der Waals surface area contributed by atoms with E-state index in [4.69, 9.17) is 27.6 Å². The van der Waals surface area contributed by atoms with Gasteiger partial charge in [-0.3, -0.25) is 14.9 Å². The number of non-ortho nitro benzene ring substituents is 1. The second-order valence-corrected chi connectivity index (χ2v) is 8.26. The van der Waals surface area contributed by atoms with Crippen LogP contribution >= 0.6 is 23.2 Å². The van der Waals surface area contributed by atoms with Crippen molar-refractivity contribution in [2.75, 3.05) is 4.90 Å². The van der Waals surface area contributed by atoms with Gasteiger partial charge in [0.15, 0.2) is 0 Å². The SMILES string of the molecule is Cc1ccc(N(Cc2ccc(-c3ccc([N+](=O)[O-])cc3)o2)C(=O)c2ccc(Cl)cc2Cl)cc1. The van der Waals surface area contributed by atoms with Crippen molar-refractivity contribution in [3.63, 3.8) is 0 Å². The van der Waals surface area contributed by atoms with E-state index >= 15 is 0 Å². The molecule has 0 radical (unpaired) electrons. The molecule has 1 heterocycles. The molecular formula is C25H18Cl2N2O4. The number of hydrogen-bond acceptors (Lipinski definition) is 4. The van der Waals surface area contributed by atoms with Gasteiger partial charge in [0.2, 0.25) is 0 Å². The third kappa shape index (κ3) is 5.08. The van der Waals surface area contributed by atoms with Crippen molar-refractivity contribution in [2.24, 2.45) is 0 Å². The molecule has 4 aromatic rings. The summed E-state index contributed by atoms with van der Waals surface area (Å²) in [6.45, 7) is 2.13. The van der Waals surface area contributed by atoms with Gasteiger partial charge < -0.3 is 9.32 Å². The zero-order valence-electron chi connectivity index (χ0n) is 17.5. The Morgan fingerprint density at radius 1 is 0.970 bits per heavy atom. The molecule has 1 aromatic heterocycles. The molecule has 0 aliphatic heterocycles. The van der Waals surface area contributed by atoms with Gasteiger partial charge in [-0.1, -0.05) is 40.9 Å². The number of rotatable bonds is 6. The van der Waals surface area contributed by atoms with Crippen LogP contribution in [0.1, 0.15) is 21.7 Å². The maximum absolute atomic E-state index is 13.4. The molecule has 166 valence electrons. The van der Waals surface area contributed by atoms with E-state index in [1.165, 1.54) is 18.2 Å². The van der Waals surface area contributed by atoms with E-state index in [0.29, 0.717) is 33.4 Å². The summed E-state index contributed by atoms with van der Waals surface area (Å²) in [4.78, 5) is 25.4. The van der Waals surface area contributed by atoms with E-state index in [1.54, 1.807) is 41.3 Å². The minimum atomic E-state index is -0.454. The fourth-order valence-electron chi connectivity index (χ4n) is 3.33. The van der Waals surface area contributed by atoms with Crippen molar-refractivity contribution in [2.45, 2.75) is 13.5 Å². The van der Waals surface area contributed by atoms with Crippen molar-refractivity contribution in [3.05, 3.63) is 116 Å². The Balaban J connectivity index is 1.65. The molecule has 0 spiro atoms. The average Bonchev–Trinajstić information content (AvgIpc) is 3.26. The molecule has 0 bridgehead atoms. The number of carbonyl (C=O) groups excluding carboxylic acids is 1. The molecule has 0 aliphatic rings. The lowest BCUT2D eigenvalue weighted by atomic mass is 10.1. The Kier molecular flexibility index (Phi) is 6.49. The number of nitro groups is 1. The molecule has 1 amide bonds. The van der Waals surface area contributed by atoms with E-state index in [-0.39, 0.29) is 23.2 Å². The predicted molar refractivity (Wildman–Crippen MR) is 129 cm³/mol.